The number of aliphatic hydroxyl groups is 2. The first-order chi connectivity index (χ1) is 9.70. The molecule has 2 N–H and O–H groups in total. The normalized spacial score (nSPS) is 13.9. The van der Waals surface area contributed by atoms with Gasteiger partial charge in [0, 0.05) is 11.5 Å². The maximum atomic E-state index is 9.57. The SMILES string of the molecule is C=CCOCC(O)CSSSSCC(O)COCC=C. The molecule has 2 unspecified atom stereocenters. The first-order valence-electron chi connectivity index (χ1n) is 6.01. The highest BCUT2D eigenvalue weighted by atomic mass is 33.7. The fourth-order valence-corrected chi connectivity index (χ4v) is 6.96. The van der Waals surface area contributed by atoms with E-state index in [1.165, 1.54) is 0 Å². The van der Waals surface area contributed by atoms with Crippen LogP contribution in [-0.4, -0.2) is 60.4 Å². The highest BCUT2D eigenvalue weighted by molar-refractivity contribution is 9.26. The third kappa shape index (κ3) is 15.1. The number of ether oxygens (including phenoxy) is 2. The van der Waals surface area contributed by atoms with Crippen LogP contribution in [0.3, 0.4) is 0 Å². The van der Waals surface area contributed by atoms with Crippen molar-refractivity contribution < 1.29 is 19.7 Å². The van der Waals surface area contributed by atoms with Gasteiger partial charge >= 0.3 is 0 Å². The summed E-state index contributed by atoms with van der Waals surface area (Å²) in [6.07, 6.45) is 2.39. The average molecular weight is 359 g/mol. The van der Waals surface area contributed by atoms with Crippen molar-refractivity contribution in [2.75, 3.05) is 37.9 Å². The second-order valence-corrected chi connectivity index (χ2v) is 9.76. The van der Waals surface area contributed by atoms with Crippen molar-refractivity contribution in [3.8, 4) is 0 Å². The molecule has 0 aliphatic carbocycles. The Bertz CT molecular complexity index is 219. The Hall–Kier alpha value is 0.720. The van der Waals surface area contributed by atoms with Crippen LogP contribution < -0.4 is 0 Å². The molecular formula is C12H22O4S4. The molecular weight excluding hydrogens is 336 g/mol. The van der Waals surface area contributed by atoms with Crippen LogP contribution >= 0.6 is 41.2 Å². The van der Waals surface area contributed by atoms with Crippen molar-refractivity contribution in [3.05, 3.63) is 25.3 Å². The van der Waals surface area contributed by atoms with Crippen LogP contribution in [0.15, 0.2) is 25.3 Å². The van der Waals surface area contributed by atoms with Crippen LogP contribution in [0.4, 0.5) is 0 Å². The van der Waals surface area contributed by atoms with Gasteiger partial charge in [-0.05, 0) is 19.7 Å². The first-order valence-corrected chi connectivity index (χ1v) is 11.2. The van der Waals surface area contributed by atoms with Gasteiger partial charge in [-0.2, -0.15) is 0 Å². The van der Waals surface area contributed by atoms with Gasteiger partial charge in [0.15, 0.2) is 0 Å². The molecule has 0 aliphatic heterocycles. The lowest BCUT2D eigenvalue weighted by atomic mass is 10.4. The van der Waals surface area contributed by atoms with E-state index in [-0.39, 0.29) is 0 Å². The summed E-state index contributed by atoms with van der Waals surface area (Å²) in [6, 6.07) is 0. The fraction of sp³-hybridized carbons (Fsp3) is 0.667. The molecule has 118 valence electrons. The molecule has 0 aromatic carbocycles. The van der Waals surface area contributed by atoms with Crippen molar-refractivity contribution in [1.82, 2.24) is 0 Å². The summed E-state index contributed by atoms with van der Waals surface area (Å²) in [5.41, 5.74) is 0. The fourth-order valence-electron chi connectivity index (χ4n) is 0.923. The number of rotatable bonds is 15. The third-order valence-corrected chi connectivity index (χ3v) is 8.32. The Morgan fingerprint density at radius 3 is 1.60 bits per heavy atom. The first kappa shape index (κ1) is 20.7. The minimum absolute atomic E-state index is 0.330. The van der Waals surface area contributed by atoms with E-state index >= 15 is 0 Å². The van der Waals surface area contributed by atoms with Crippen LogP contribution in [0.25, 0.3) is 0 Å². The quantitative estimate of drug-likeness (QED) is 0.263. The molecule has 0 heterocycles. The molecule has 0 aliphatic rings. The summed E-state index contributed by atoms with van der Waals surface area (Å²) < 4.78 is 10.3. The summed E-state index contributed by atoms with van der Waals surface area (Å²) in [5.74, 6) is 1.22. The maximum Gasteiger partial charge on any atom is 0.0872 e. The van der Waals surface area contributed by atoms with E-state index in [0.717, 1.165) is 0 Å². The molecule has 0 amide bonds. The Balaban J connectivity index is 3.26. The van der Waals surface area contributed by atoms with Gasteiger partial charge in [0.1, 0.15) is 0 Å². The van der Waals surface area contributed by atoms with Gasteiger partial charge < -0.3 is 19.7 Å². The van der Waals surface area contributed by atoms with Gasteiger partial charge in [-0.1, -0.05) is 33.7 Å². The van der Waals surface area contributed by atoms with E-state index in [1.807, 2.05) is 0 Å². The van der Waals surface area contributed by atoms with Crippen LogP contribution in [0.1, 0.15) is 0 Å². The van der Waals surface area contributed by atoms with Crippen LogP contribution in [0.2, 0.25) is 0 Å². The highest BCUT2D eigenvalue weighted by Gasteiger charge is 2.07. The molecule has 0 fully saturated rings. The lowest BCUT2D eigenvalue weighted by Crippen LogP contribution is -2.17. The predicted molar refractivity (Wildman–Crippen MR) is 94.1 cm³/mol. The number of hydrogen-bond donors (Lipinski definition) is 2. The Morgan fingerprint density at radius 2 is 1.25 bits per heavy atom. The molecule has 0 radical (unpaired) electrons. The van der Waals surface area contributed by atoms with Crippen LogP contribution in [0.5, 0.6) is 0 Å². The van der Waals surface area contributed by atoms with E-state index in [1.54, 1.807) is 53.4 Å². The topological polar surface area (TPSA) is 58.9 Å². The molecule has 0 aromatic rings. The molecule has 0 saturated carbocycles. The zero-order valence-corrected chi connectivity index (χ0v) is 14.6. The highest BCUT2D eigenvalue weighted by Crippen LogP contribution is 2.43. The summed E-state index contributed by atoms with van der Waals surface area (Å²) in [4.78, 5) is 0. The van der Waals surface area contributed by atoms with Crippen LogP contribution in [0, 0.1) is 0 Å². The summed E-state index contributed by atoms with van der Waals surface area (Å²) in [5, 5.41) is 19.1. The van der Waals surface area contributed by atoms with Gasteiger partial charge in [0.05, 0.1) is 38.6 Å². The largest absolute Gasteiger partial charge is 0.390 e. The average Bonchev–Trinajstić information content (AvgIpc) is 2.43. The van der Waals surface area contributed by atoms with Crippen molar-refractivity contribution in [2.45, 2.75) is 12.2 Å². The van der Waals surface area contributed by atoms with Crippen molar-refractivity contribution >= 4 is 41.2 Å². The molecule has 20 heavy (non-hydrogen) atoms. The second-order valence-electron chi connectivity index (χ2n) is 3.67. The molecule has 4 nitrogen and oxygen atoms in total. The molecule has 8 heteroatoms. The Kier molecular flexibility index (Phi) is 16.7. The van der Waals surface area contributed by atoms with Gasteiger partial charge in [0.25, 0.3) is 0 Å². The van der Waals surface area contributed by atoms with Gasteiger partial charge in [-0.15, -0.1) is 13.2 Å². The zero-order chi connectivity index (χ0) is 15.1. The lowest BCUT2D eigenvalue weighted by molar-refractivity contribution is 0.0626. The van der Waals surface area contributed by atoms with Gasteiger partial charge in [-0.3, -0.25) is 0 Å². The van der Waals surface area contributed by atoms with E-state index in [9.17, 15) is 10.2 Å². The van der Waals surface area contributed by atoms with Crippen molar-refractivity contribution in [1.29, 1.82) is 0 Å². The Labute approximate surface area is 136 Å². The van der Waals surface area contributed by atoms with Crippen molar-refractivity contribution in [3.63, 3.8) is 0 Å². The summed E-state index contributed by atoms with van der Waals surface area (Å²) in [7, 11) is 6.31. The second kappa shape index (κ2) is 16.1. The monoisotopic (exact) mass is 358 g/mol. The van der Waals surface area contributed by atoms with E-state index in [0.29, 0.717) is 37.9 Å². The Morgan fingerprint density at radius 1 is 0.850 bits per heavy atom. The van der Waals surface area contributed by atoms with E-state index < -0.39 is 12.2 Å². The number of aliphatic hydroxyl groups excluding tert-OH is 2. The molecule has 0 saturated heterocycles. The summed E-state index contributed by atoms with van der Waals surface area (Å²) in [6.45, 7) is 8.66. The lowest BCUT2D eigenvalue weighted by Gasteiger charge is -2.10. The smallest absolute Gasteiger partial charge is 0.0872 e. The zero-order valence-electron chi connectivity index (χ0n) is 11.3. The number of hydrogen-bond acceptors (Lipinski definition) is 8. The van der Waals surface area contributed by atoms with E-state index in [4.69, 9.17) is 9.47 Å². The molecule has 0 bridgehead atoms. The minimum Gasteiger partial charge on any atom is -0.390 e. The standard InChI is InChI=1S/C12H22O4S4/c1-3-5-15-7-11(13)9-17-19-20-18-10-12(14)8-16-6-4-2/h3-4,11-14H,1-2,5-10H2. The minimum atomic E-state index is -0.462. The van der Waals surface area contributed by atoms with Gasteiger partial charge in [0.2, 0.25) is 0 Å². The molecule has 0 spiro atoms. The van der Waals surface area contributed by atoms with Crippen molar-refractivity contribution in [2.24, 2.45) is 0 Å². The molecule has 2 atom stereocenters. The molecule has 0 aromatic heterocycles. The van der Waals surface area contributed by atoms with Crippen LogP contribution in [-0.2, 0) is 9.47 Å². The van der Waals surface area contributed by atoms with E-state index in [2.05, 4.69) is 13.2 Å². The maximum absolute atomic E-state index is 9.57. The van der Waals surface area contributed by atoms with Gasteiger partial charge in [-0.25, -0.2) is 0 Å². The molecule has 0 rings (SSSR count). The predicted octanol–water partition coefficient (Wildman–Crippen LogP) is 2.79. The summed E-state index contributed by atoms with van der Waals surface area (Å²) >= 11 is 0. The third-order valence-electron chi connectivity index (χ3n) is 1.74.